The van der Waals surface area contributed by atoms with Gasteiger partial charge in [-0.25, -0.2) is 9.59 Å². The molecule has 0 unspecified atom stereocenters. The van der Waals surface area contributed by atoms with Crippen LogP contribution in [0.15, 0.2) is 35.2 Å². The number of benzene rings is 1. The Morgan fingerprint density at radius 2 is 2.14 bits per heavy atom. The molecule has 2 N–H and O–H groups in total. The molecule has 0 aliphatic heterocycles. The normalized spacial score (nSPS) is 10.1. The van der Waals surface area contributed by atoms with Gasteiger partial charge in [0.15, 0.2) is 5.82 Å². The molecule has 1 aromatic heterocycles. The van der Waals surface area contributed by atoms with Crippen molar-refractivity contribution < 1.29 is 19.2 Å². The molecule has 0 saturated carbocycles. The lowest BCUT2D eigenvalue weighted by Gasteiger charge is -2.19. The van der Waals surface area contributed by atoms with Crippen molar-refractivity contribution in [1.29, 1.82) is 0 Å². The SMILES string of the molecule is CN(C(=O)NCCc1ncon1)c1ccccc1C(=O)O. The van der Waals surface area contributed by atoms with Crippen LogP contribution in [0.2, 0.25) is 0 Å². The maximum absolute atomic E-state index is 12.0. The molecular weight excluding hydrogens is 276 g/mol. The Balaban J connectivity index is 1.97. The molecule has 0 saturated heterocycles. The summed E-state index contributed by atoms with van der Waals surface area (Å²) in [5.41, 5.74) is 0.385. The van der Waals surface area contributed by atoms with E-state index in [0.717, 1.165) is 0 Å². The van der Waals surface area contributed by atoms with Crippen LogP contribution in [0, 0.1) is 0 Å². The number of carbonyl (C=O) groups excluding carboxylic acids is 1. The van der Waals surface area contributed by atoms with Gasteiger partial charge in [0.05, 0.1) is 11.3 Å². The molecule has 0 atom stereocenters. The largest absolute Gasteiger partial charge is 0.478 e. The molecule has 21 heavy (non-hydrogen) atoms. The van der Waals surface area contributed by atoms with Gasteiger partial charge in [-0.05, 0) is 12.1 Å². The minimum absolute atomic E-state index is 0.0633. The number of rotatable bonds is 5. The van der Waals surface area contributed by atoms with Gasteiger partial charge in [-0.15, -0.1) is 0 Å². The average molecular weight is 290 g/mol. The summed E-state index contributed by atoms with van der Waals surface area (Å²) in [5.74, 6) is -0.596. The van der Waals surface area contributed by atoms with Crippen molar-refractivity contribution in [2.45, 2.75) is 6.42 Å². The summed E-state index contributed by atoms with van der Waals surface area (Å²) in [5, 5.41) is 15.4. The predicted octanol–water partition coefficient (Wildman–Crippen LogP) is 1.16. The fourth-order valence-electron chi connectivity index (χ4n) is 1.76. The Bertz CT molecular complexity index is 627. The Labute approximate surface area is 120 Å². The maximum Gasteiger partial charge on any atom is 0.337 e. The van der Waals surface area contributed by atoms with Gasteiger partial charge in [0.1, 0.15) is 0 Å². The molecule has 8 nitrogen and oxygen atoms in total. The molecule has 2 rings (SSSR count). The van der Waals surface area contributed by atoms with Crippen molar-refractivity contribution in [1.82, 2.24) is 15.5 Å². The number of nitrogens with one attached hydrogen (secondary N) is 1. The Morgan fingerprint density at radius 1 is 1.38 bits per heavy atom. The molecule has 1 heterocycles. The van der Waals surface area contributed by atoms with E-state index in [-0.39, 0.29) is 5.56 Å². The van der Waals surface area contributed by atoms with Crippen LogP contribution in [0.5, 0.6) is 0 Å². The number of aromatic carboxylic acids is 1. The van der Waals surface area contributed by atoms with E-state index in [0.29, 0.717) is 24.5 Å². The van der Waals surface area contributed by atoms with E-state index in [1.54, 1.807) is 18.2 Å². The Morgan fingerprint density at radius 3 is 2.81 bits per heavy atom. The van der Waals surface area contributed by atoms with Gasteiger partial charge in [-0.3, -0.25) is 4.90 Å². The fraction of sp³-hybridized carbons (Fsp3) is 0.231. The van der Waals surface area contributed by atoms with Crippen LogP contribution in [0.3, 0.4) is 0 Å². The van der Waals surface area contributed by atoms with Crippen molar-refractivity contribution >= 4 is 17.7 Å². The number of aromatic nitrogens is 2. The van der Waals surface area contributed by atoms with E-state index in [1.165, 1.54) is 24.4 Å². The number of carboxylic acids is 1. The van der Waals surface area contributed by atoms with Crippen LogP contribution in [0.1, 0.15) is 16.2 Å². The Kier molecular flexibility index (Phi) is 4.50. The van der Waals surface area contributed by atoms with E-state index in [1.807, 2.05) is 0 Å². The summed E-state index contributed by atoms with van der Waals surface area (Å²) >= 11 is 0. The topological polar surface area (TPSA) is 109 Å². The minimum Gasteiger partial charge on any atom is -0.478 e. The van der Waals surface area contributed by atoms with Crippen LogP contribution < -0.4 is 10.2 Å². The van der Waals surface area contributed by atoms with Gasteiger partial charge in [-0.1, -0.05) is 17.3 Å². The quantitative estimate of drug-likeness (QED) is 0.855. The summed E-state index contributed by atoms with van der Waals surface area (Å²) in [4.78, 5) is 28.2. The molecule has 2 aromatic rings. The number of carboxylic acid groups (broad SMARTS) is 1. The molecule has 0 spiro atoms. The summed E-state index contributed by atoms with van der Waals surface area (Å²) in [7, 11) is 1.51. The van der Waals surface area contributed by atoms with Crippen molar-refractivity contribution in [2.75, 3.05) is 18.5 Å². The molecule has 2 amide bonds. The maximum atomic E-state index is 12.0. The third-order valence-corrected chi connectivity index (χ3v) is 2.83. The second-order valence-corrected chi connectivity index (χ2v) is 4.21. The van der Waals surface area contributed by atoms with Gasteiger partial charge < -0.3 is 14.9 Å². The first-order valence-electron chi connectivity index (χ1n) is 6.18. The molecule has 1 aromatic carbocycles. The van der Waals surface area contributed by atoms with Crippen LogP contribution in [0.4, 0.5) is 10.5 Å². The monoisotopic (exact) mass is 290 g/mol. The third kappa shape index (κ3) is 3.56. The molecule has 0 aliphatic carbocycles. The number of urea groups is 1. The van der Waals surface area contributed by atoms with Gasteiger partial charge in [0.2, 0.25) is 6.39 Å². The zero-order valence-corrected chi connectivity index (χ0v) is 11.3. The van der Waals surface area contributed by atoms with E-state index in [4.69, 9.17) is 5.11 Å². The Hall–Kier alpha value is -2.90. The van der Waals surface area contributed by atoms with E-state index in [9.17, 15) is 9.59 Å². The number of anilines is 1. The van der Waals surface area contributed by atoms with Crippen LogP contribution >= 0.6 is 0 Å². The van der Waals surface area contributed by atoms with Crippen LogP contribution in [-0.4, -0.2) is 40.8 Å². The summed E-state index contributed by atoms with van der Waals surface area (Å²) in [6.07, 6.45) is 1.64. The highest BCUT2D eigenvalue weighted by Crippen LogP contribution is 2.19. The van der Waals surface area contributed by atoms with Crippen molar-refractivity contribution in [3.05, 3.63) is 42.0 Å². The first-order valence-corrected chi connectivity index (χ1v) is 6.18. The number of nitrogens with zero attached hydrogens (tertiary/aromatic N) is 3. The molecule has 0 fully saturated rings. The number of para-hydroxylation sites is 1. The smallest absolute Gasteiger partial charge is 0.337 e. The highest BCUT2D eigenvalue weighted by molar-refractivity contribution is 6.01. The van der Waals surface area contributed by atoms with E-state index < -0.39 is 12.0 Å². The number of amides is 2. The highest BCUT2D eigenvalue weighted by Gasteiger charge is 2.17. The number of hydrogen-bond acceptors (Lipinski definition) is 5. The van der Waals surface area contributed by atoms with Crippen molar-refractivity contribution in [2.24, 2.45) is 0 Å². The molecule has 0 bridgehead atoms. The van der Waals surface area contributed by atoms with Gasteiger partial charge in [0, 0.05) is 20.0 Å². The van der Waals surface area contributed by atoms with Gasteiger partial charge in [-0.2, -0.15) is 4.98 Å². The van der Waals surface area contributed by atoms with Gasteiger partial charge >= 0.3 is 12.0 Å². The predicted molar refractivity (Wildman–Crippen MR) is 73.2 cm³/mol. The van der Waals surface area contributed by atoms with Crippen LogP contribution in [-0.2, 0) is 6.42 Å². The third-order valence-electron chi connectivity index (χ3n) is 2.83. The number of carbonyl (C=O) groups is 2. The zero-order valence-electron chi connectivity index (χ0n) is 11.3. The van der Waals surface area contributed by atoms with Crippen molar-refractivity contribution in [3.63, 3.8) is 0 Å². The summed E-state index contributed by atoms with van der Waals surface area (Å²) in [6, 6.07) is 5.88. The first-order chi connectivity index (χ1) is 10.1. The molecular formula is C13H14N4O4. The second-order valence-electron chi connectivity index (χ2n) is 4.21. The molecule has 0 aliphatic rings. The van der Waals surface area contributed by atoms with Crippen LogP contribution in [0.25, 0.3) is 0 Å². The summed E-state index contributed by atoms with van der Waals surface area (Å²) in [6.45, 7) is 0.317. The molecule has 0 radical (unpaired) electrons. The van der Waals surface area contributed by atoms with E-state index >= 15 is 0 Å². The lowest BCUT2D eigenvalue weighted by Crippen LogP contribution is -2.39. The van der Waals surface area contributed by atoms with Crippen molar-refractivity contribution in [3.8, 4) is 0 Å². The molecule has 8 heteroatoms. The molecule has 110 valence electrons. The fourth-order valence-corrected chi connectivity index (χ4v) is 1.76. The first kappa shape index (κ1) is 14.5. The lowest BCUT2D eigenvalue weighted by atomic mass is 10.1. The lowest BCUT2D eigenvalue weighted by molar-refractivity contribution is 0.0697. The van der Waals surface area contributed by atoms with Gasteiger partial charge in [0.25, 0.3) is 0 Å². The average Bonchev–Trinajstić information content (AvgIpc) is 2.99. The highest BCUT2D eigenvalue weighted by atomic mass is 16.5. The zero-order chi connectivity index (χ0) is 15.2. The standard InChI is InChI=1S/C13H14N4O4/c1-17(10-5-3-2-4-9(10)12(18)19)13(20)14-7-6-11-15-8-21-16-11/h2-5,8H,6-7H2,1H3,(H,14,20)(H,18,19). The minimum atomic E-state index is -1.09. The van der Waals surface area contributed by atoms with E-state index in [2.05, 4.69) is 20.0 Å². The summed E-state index contributed by atoms with van der Waals surface area (Å²) < 4.78 is 4.58. The second kappa shape index (κ2) is 6.51. The number of hydrogen-bond donors (Lipinski definition) is 2.